The first-order valence-electron chi connectivity index (χ1n) is 9.20. The zero-order valence-electron chi connectivity index (χ0n) is 15.7. The summed E-state index contributed by atoms with van der Waals surface area (Å²) in [5, 5.41) is 14.3. The van der Waals surface area contributed by atoms with Gasteiger partial charge in [0.05, 0.1) is 0 Å². The van der Waals surface area contributed by atoms with Gasteiger partial charge in [-0.25, -0.2) is 14.6 Å². The normalized spacial score (nSPS) is 15.3. The first kappa shape index (κ1) is 17.5. The fourth-order valence-electron chi connectivity index (χ4n) is 3.44. The molecular weight excluding hydrogens is 340 g/mol. The molecule has 1 saturated heterocycles. The molecule has 0 unspecified atom stereocenters. The van der Waals surface area contributed by atoms with Gasteiger partial charge in [-0.2, -0.15) is 5.10 Å². The molecule has 7 nitrogen and oxygen atoms in total. The Morgan fingerprint density at radius 1 is 1.00 bits per heavy atom. The molecule has 2 aromatic heterocycles. The maximum atomic E-state index is 10.1. The van der Waals surface area contributed by atoms with Crippen LogP contribution in [0.4, 0.5) is 5.82 Å². The molecule has 4 rings (SSSR count). The highest BCUT2D eigenvalue weighted by Gasteiger charge is 2.20. The largest absolute Gasteiger partial charge is 0.508 e. The third-order valence-corrected chi connectivity index (χ3v) is 4.88. The molecule has 0 amide bonds. The van der Waals surface area contributed by atoms with Crippen LogP contribution in [-0.2, 0) is 6.54 Å². The van der Waals surface area contributed by atoms with Crippen molar-refractivity contribution < 1.29 is 5.11 Å². The number of nitrogens with zero attached hydrogens (tertiary/aromatic N) is 6. The average Bonchev–Trinajstić information content (AvgIpc) is 3.20. The number of piperazine rings is 1. The zero-order valence-corrected chi connectivity index (χ0v) is 15.7. The smallest absolute Gasteiger partial charge is 0.159 e. The van der Waals surface area contributed by atoms with Gasteiger partial charge in [0.1, 0.15) is 17.4 Å². The number of rotatable bonds is 4. The summed E-state index contributed by atoms with van der Waals surface area (Å²) in [7, 11) is 0. The van der Waals surface area contributed by atoms with Crippen LogP contribution in [0.1, 0.15) is 17.0 Å². The van der Waals surface area contributed by atoms with Gasteiger partial charge < -0.3 is 10.0 Å². The van der Waals surface area contributed by atoms with E-state index in [2.05, 4.69) is 37.9 Å². The molecule has 140 valence electrons. The molecule has 0 radical (unpaired) electrons. The molecule has 0 aliphatic carbocycles. The minimum Gasteiger partial charge on any atom is -0.508 e. The second kappa shape index (κ2) is 7.36. The number of aromatic hydroxyl groups is 1. The zero-order chi connectivity index (χ0) is 18.8. The topological polar surface area (TPSA) is 70.3 Å². The highest BCUT2D eigenvalue weighted by Crippen LogP contribution is 2.22. The van der Waals surface area contributed by atoms with Crippen molar-refractivity contribution in [2.45, 2.75) is 20.4 Å². The van der Waals surface area contributed by atoms with E-state index in [0.717, 1.165) is 55.7 Å². The van der Waals surface area contributed by atoms with Gasteiger partial charge in [0.15, 0.2) is 5.82 Å². The minimum atomic E-state index is 0.373. The lowest BCUT2D eigenvalue weighted by Crippen LogP contribution is -2.46. The quantitative estimate of drug-likeness (QED) is 0.766. The van der Waals surface area contributed by atoms with Crippen LogP contribution < -0.4 is 4.90 Å². The molecule has 3 aromatic rings. The number of phenols is 1. The van der Waals surface area contributed by atoms with Gasteiger partial charge >= 0.3 is 0 Å². The Bertz CT molecular complexity index is 916. The van der Waals surface area contributed by atoms with Crippen molar-refractivity contribution in [1.82, 2.24) is 24.6 Å². The van der Waals surface area contributed by atoms with Crippen LogP contribution in [0.3, 0.4) is 0 Å². The average molecular weight is 364 g/mol. The Morgan fingerprint density at radius 3 is 2.52 bits per heavy atom. The number of hydrogen-bond donors (Lipinski definition) is 1. The van der Waals surface area contributed by atoms with Crippen LogP contribution in [0.15, 0.2) is 42.7 Å². The van der Waals surface area contributed by atoms with Gasteiger partial charge in [0, 0.05) is 56.7 Å². The lowest BCUT2D eigenvalue weighted by Gasteiger charge is -2.35. The summed E-state index contributed by atoms with van der Waals surface area (Å²) in [6.07, 6.45) is 3.63. The Kier molecular flexibility index (Phi) is 4.77. The van der Waals surface area contributed by atoms with E-state index in [4.69, 9.17) is 0 Å². The monoisotopic (exact) mass is 364 g/mol. The van der Waals surface area contributed by atoms with E-state index in [1.165, 1.54) is 5.56 Å². The van der Waals surface area contributed by atoms with Gasteiger partial charge in [-0.3, -0.25) is 4.90 Å². The van der Waals surface area contributed by atoms with Crippen molar-refractivity contribution in [2.24, 2.45) is 0 Å². The van der Waals surface area contributed by atoms with Crippen LogP contribution in [0.25, 0.3) is 5.82 Å². The summed E-state index contributed by atoms with van der Waals surface area (Å²) in [4.78, 5) is 13.8. The SMILES string of the molecule is Cc1ccc(O)c(CN2CCN(c3cc(-n4cccn4)nc(C)n3)CC2)c1. The third-order valence-electron chi connectivity index (χ3n) is 4.88. The predicted octanol–water partition coefficient (Wildman–Crippen LogP) is 2.31. The van der Waals surface area contributed by atoms with E-state index in [0.29, 0.717) is 5.75 Å². The Hall–Kier alpha value is -2.93. The second-order valence-corrected chi connectivity index (χ2v) is 6.98. The molecule has 7 heteroatoms. The highest BCUT2D eigenvalue weighted by molar-refractivity contribution is 5.45. The van der Waals surface area contributed by atoms with Crippen LogP contribution in [0, 0.1) is 13.8 Å². The lowest BCUT2D eigenvalue weighted by molar-refractivity contribution is 0.246. The number of anilines is 1. The Morgan fingerprint density at radius 2 is 1.78 bits per heavy atom. The Labute approximate surface area is 158 Å². The molecule has 3 heterocycles. The van der Waals surface area contributed by atoms with E-state index in [1.807, 2.05) is 31.3 Å². The molecular formula is C20H24N6O. The van der Waals surface area contributed by atoms with Gasteiger partial charge in [-0.15, -0.1) is 0 Å². The first-order chi connectivity index (χ1) is 13.1. The molecule has 27 heavy (non-hydrogen) atoms. The summed E-state index contributed by atoms with van der Waals surface area (Å²) in [5.41, 5.74) is 2.16. The molecule has 1 aliphatic rings. The van der Waals surface area contributed by atoms with Crippen molar-refractivity contribution in [3.63, 3.8) is 0 Å². The predicted molar refractivity (Wildman–Crippen MR) is 104 cm³/mol. The number of aryl methyl sites for hydroxylation is 2. The van der Waals surface area contributed by atoms with Crippen molar-refractivity contribution >= 4 is 5.82 Å². The summed E-state index contributed by atoms with van der Waals surface area (Å²) < 4.78 is 1.76. The van der Waals surface area contributed by atoms with Gasteiger partial charge in [0.2, 0.25) is 0 Å². The summed E-state index contributed by atoms with van der Waals surface area (Å²) in [6, 6.07) is 9.65. The van der Waals surface area contributed by atoms with E-state index < -0.39 is 0 Å². The summed E-state index contributed by atoms with van der Waals surface area (Å²) >= 11 is 0. The van der Waals surface area contributed by atoms with Gasteiger partial charge in [-0.05, 0) is 26.0 Å². The fourth-order valence-corrected chi connectivity index (χ4v) is 3.44. The standard InChI is InChI=1S/C20H24N6O/c1-15-4-5-18(27)17(12-15)14-24-8-10-25(11-9-24)19-13-20(23-16(2)22-19)26-7-3-6-21-26/h3-7,12-13,27H,8-11,14H2,1-2H3. The second-order valence-electron chi connectivity index (χ2n) is 6.98. The maximum Gasteiger partial charge on any atom is 0.159 e. The highest BCUT2D eigenvalue weighted by atomic mass is 16.3. The Balaban J connectivity index is 1.44. The van der Waals surface area contributed by atoms with Crippen LogP contribution in [-0.4, -0.2) is 55.9 Å². The number of aromatic nitrogens is 4. The summed E-state index contributed by atoms with van der Waals surface area (Å²) in [6.45, 7) is 8.36. The minimum absolute atomic E-state index is 0.373. The number of phenolic OH excluding ortho intramolecular Hbond substituents is 1. The molecule has 1 N–H and O–H groups in total. The number of hydrogen-bond acceptors (Lipinski definition) is 6. The van der Waals surface area contributed by atoms with E-state index in [9.17, 15) is 5.11 Å². The van der Waals surface area contributed by atoms with E-state index >= 15 is 0 Å². The molecule has 0 spiro atoms. The third kappa shape index (κ3) is 3.93. The van der Waals surface area contributed by atoms with Gasteiger partial charge in [0.25, 0.3) is 0 Å². The molecule has 0 atom stereocenters. The fraction of sp³-hybridized carbons (Fsp3) is 0.350. The van der Waals surface area contributed by atoms with Crippen molar-refractivity contribution in [3.8, 4) is 11.6 Å². The van der Waals surface area contributed by atoms with Crippen molar-refractivity contribution in [2.75, 3.05) is 31.1 Å². The molecule has 1 fully saturated rings. The lowest BCUT2D eigenvalue weighted by atomic mass is 10.1. The van der Waals surface area contributed by atoms with E-state index in [1.54, 1.807) is 16.9 Å². The van der Waals surface area contributed by atoms with E-state index in [-0.39, 0.29) is 0 Å². The molecule has 1 aliphatic heterocycles. The van der Waals surface area contributed by atoms with Crippen LogP contribution in [0.2, 0.25) is 0 Å². The molecule has 0 bridgehead atoms. The van der Waals surface area contributed by atoms with Crippen LogP contribution in [0.5, 0.6) is 5.75 Å². The summed E-state index contributed by atoms with van der Waals surface area (Å²) in [5.74, 6) is 2.84. The van der Waals surface area contributed by atoms with Crippen molar-refractivity contribution in [1.29, 1.82) is 0 Å². The van der Waals surface area contributed by atoms with Gasteiger partial charge in [-0.1, -0.05) is 17.7 Å². The first-order valence-corrected chi connectivity index (χ1v) is 9.20. The van der Waals surface area contributed by atoms with Crippen molar-refractivity contribution in [3.05, 3.63) is 59.7 Å². The maximum absolute atomic E-state index is 10.1. The molecule has 0 saturated carbocycles. The number of benzene rings is 1. The molecule has 1 aromatic carbocycles. The van der Waals surface area contributed by atoms with Crippen LogP contribution >= 0.6 is 0 Å².